The highest BCUT2D eigenvalue weighted by Gasteiger charge is 2.39. The van der Waals surface area contributed by atoms with Crippen LogP contribution in [0.5, 0.6) is 0 Å². The molecule has 2 fully saturated rings. The molecule has 7 nitrogen and oxygen atoms in total. The maximum absolute atomic E-state index is 13.9. The van der Waals surface area contributed by atoms with Crippen LogP contribution >= 0.6 is 0 Å². The normalized spacial score (nSPS) is 19.7. The summed E-state index contributed by atoms with van der Waals surface area (Å²) in [6, 6.07) is 15.8. The minimum atomic E-state index is -4.51. The second-order valence-electron chi connectivity index (χ2n) is 11.2. The first-order valence-electron chi connectivity index (χ1n) is 14.5. The lowest BCUT2D eigenvalue weighted by atomic mass is 9.83. The number of carbonyl (C=O) groups is 1. The highest BCUT2D eigenvalue weighted by atomic mass is 19.4. The zero-order valence-corrected chi connectivity index (χ0v) is 23.4. The van der Waals surface area contributed by atoms with Crippen LogP contribution in [0.4, 0.5) is 30.4 Å². The predicted molar refractivity (Wildman–Crippen MR) is 157 cm³/mol. The number of rotatable bonds is 6. The summed E-state index contributed by atoms with van der Waals surface area (Å²) in [5.74, 6) is -0.246. The van der Waals surface area contributed by atoms with Crippen LogP contribution in [0.2, 0.25) is 0 Å². The minimum absolute atomic E-state index is 0.108. The highest BCUT2D eigenvalue weighted by molar-refractivity contribution is 5.94. The fraction of sp³-hybridized carbons (Fsp3) is 0.375. The van der Waals surface area contributed by atoms with Crippen LogP contribution in [0, 0.1) is 12.8 Å². The topological polar surface area (TPSA) is 83.0 Å². The van der Waals surface area contributed by atoms with Gasteiger partial charge < -0.3 is 15.5 Å². The second-order valence-corrected chi connectivity index (χ2v) is 11.2. The number of alkyl halides is 3. The first-order chi connectivity index (χ1) is 20.3. The van der Waals surface area contributed by atoms with Gasteiger partial charge in [-0.3, -0.25) is 9.78 Å². The van der Waals surface area contributed by atoms with Crippen LogP contribution in [-0.4, -0.2) is 33.4 Å². The van der Waals surface area contributed by atoms with E-state index in [0.29, 0.717) is 42.3 Å². The van der Waals surface area contributed by atoms with Crippen molar-refractivity contribution in [3.05, 3.63) is 83.8 Å². The maximum Gasteiger partial charge on any atom is 0.416 e. The molecule has 0 unspecified atom stereocenters. The van der Waals surface area contributed by atoms with E-state index in [1.807, 2.05) is 36.4 Å². The van der Waals surface area contributed by atoms with Gasteiger partial charge in [-0.25, -0.2) is 9.97 Å². The molecule has 2 atom stereocenters. The monoisotopic (exact) mass is 574 g/mol. The Bertz CT molecular complexity index is 1560. The van der Waals surface area contributed by atoms with E-state index in [4.69, 9.17) is 0 Å². The number of aryl methyl sites for hydroxylation is 1. The third-order valence-corrected chi connectivity index (χ3v) is 8.40. The second kappa shape index (κ2) is 11.6. The summed E-state index contributed by atoms with van der Waals surface area (Å²) in [4.78, 5) is 29.5. The smallest absolute Gasteiger partial charge is 0.382 e. The van der Waals surface area contributed by atoms with Crippen molar-refractivity contribution in [2.45, 2.75) is 63.7 Å². The lowest BCUT2D eigenvalue weighted by Crippen LogP contribution is -2.44. The number of halogens is 3. The number of nitrogens with zero attached hydrogens (tertiary/aromatic N) is 4. The van der Waals surface area contributed by atoms with Crippen molar-refractivity contribution in [2.24, 2.45) is 5.92 Å². The summed E-state index contributed by atoms with van der Waals surface area (Å²) >= 11 is 0. The van der Waals surface area contributed by atoms with Crippen LogP contribution < -0.4 is 15.5 Å². The lowest BCUT2D eigenvalue weighted by Gasteiger charge is -2.42. The van der Waals surface area contributed by atoms with Crippen molar-refractivity contribution in [1.82, 2.24) is 15.0 Å². The van der Waals surface area contributed by atoms with Crippen molar-refractivity contribution in [2.75, 3.05) is 22.1 Å². The van der Waals surface area contributed by atoms with E-state index in [0.717, 1.165) is 30.2 Å². The number of anilines is 3. The Morgan fingerprint density at radius 1 is 0.929 bits per heavy atom. The van der Waals surface area contributed by atoms with E-state index in [9.17, 15) is 18.0 Å². The molecule has 2 aromatic carbocycles. The molecular formula is C32H33F3N6O. The summed E-state index contributed by atoms with van der Waals surface area (Å²) in [7, 11) is 0. The fourth-order valence-electron chi connectivity index (χ4n) is 6.33. The van der Waals surface area contributed by atoms with Gasteiger partial charge in [0.1, 0.15) is 11.8 Å². The standard InChI is InChI=1S/C32H33F3N6O/c1-20-10-13-24(18-26(20)32(33,34)35)40-31(42)25-8-5-17-41(30-28-27(37-19-38-30)9-4-16-36-28)29(25)21-11-14-23(15-12-21)39-22-6-2-3-7-22/h4,9-16,18-19,22,25,29,39H,2-3,5-8,17H2,1H3,(H,40,42)/t25-,29+/m1/s1. The van der Waals surface area contributed by atoms with Crippen LogP contribution in [0.3, 0.4) is 0 Å². The first kappa shape index (κ1) is 27.9. The molecular weight excluding hydrogens is 541 g/mol. The number of hydrogen-bond donors (Lipinski definition) is 2. The summed E-state index contributed by atoms with van der Waals surface area (Å²) in [6.45, 7) is 2.05. The van der Waals surface area contributed by atoms with Gasteiger partial charge in [0.2, 0.25) is 5.91 Å². The van der Waals surface area contributed by atoms with Gasteiger partial charge in [0.25, 0.3) is 0 Å². The number of hydrogen-bond acceptors (Lipinski definition) is 6. The van der Waals surface area contributed by atoms with Gasteiger partial charge in [-0.05, 0) is 80.1 Å². The van der Waals surface area contributed by atoms with E-state index >= 15 is 0 Å². The van der Waals surface area contributed by atoms with Gasteiger partial charge in [0, 0.05) is 30.2 Å². The molecule has 1 saturated carbocycles. The predicted octanol–water partition coefficient (Wildman–Crippen LogP) is 7.30. The van der Waals surface area contributed by atoms with Gasteiger partial charge in [0.15, 0.2) is 5.82 Å². The average Bonchev–Trinajstić information content (AvgIpc) is 3.50. The van der Waals surface area contributed by atoms with Crippen LogP contribution in [0.25, 0.3) is 11.0 Å². The zero-order valence-electron chi connectivity index (χ0n) is 23.4. The minimum Gasteiger partial charge on any atom is -0.382 e. The van der Waals surface area contributed by atoms with Gasteiger partial charge in [-0.15, -0.1) is 0 Å². The molecule has 2 aliphatic rings. The number of piperidine rings is 1. The molecule has 1 saturated heterocycles. The summed E-state index contributed by atoms with van der Waals surface area (Å²) < 4.78 is 40.8. The quantitative estimate of drug-likeness (QED) is 0.251. The van der Waals surface area contributed by atoms with E-state index < -0.39 is 23.7 Å². The third kappa shape index (κ3) is 5.75. The number of fused-ring (bicyclic) bond motifs is 1. The highest BCUT2D eigenvalue weighted by Crippen LogP contribution is 2.41. The average molecular weight is 575 g/mol. The van der Waals surface area contributed by atoms with Crippen molar-refractivity contribution < 1.29 is 18.0 Å². The Balaban J connectivity index is 1.35. The van der Waals surface area contributed by atoms with Crippen LogP contribution in [0.1, 0.15) is 61.3 Å². The zero-order chi connectivity index (χ0) is 29.3. The molecule has 3 heterocycles. The molecule has 0 spiro atoms. The third-order valence-electron chi connectivity index (χ3n) is 8.40. The number of pyridine rings is 1. The summed E-state index contributed by atoms with van der Waals surface area (Å²) in [6.07, 6.45) is 4.74. The van der Waals surface area contributed by atoms with Crippen molar-refractivity contribution in [3.63, 3.8) is 0 Å². The molecule has 4 aromatic rings. The van der Waals surface area contributed by atoms with E-state index in [2.05, 4.69) is 30.5 Å². The van der Waals surface area contributed by atoms with Crippen molar-refractivity contribution in [1.29, 1.82) is 0 Å². The number of nitrogens with one attached hydrogen (secondary N) is 2. The lowest BCUT2D eigenvalue weighted by molar-refractivity contribution is -0.138. The molecule has 6 rings (SSSR count). The Morgan fingerprint density at radius 2 is 1.69 bits per heavy atom. The summed E-state index contributed by atoms with van der Waals surface area (Å²) in [5.41, 5.74) is 2.76. The SMILES string of the molecule is Cc1ccc(NC(=O)[C@@H]2CCCN(c3ncnc4cccnc34)[C@H]2c2ccc(NC3CCCC3)cc2)cc1C(F)(F)F. The molecule has 2 N–H and O–H groups in total. The molecule has 0 radical (unpaired) electrons. The Morgan fingerprint density at radius 3 is 2.45 bits per heavy atom. The maximum atomic E-state index is 13.9. The van der Waals surface area contributed by atoms with Gasteiger partial charge in [-0.2, -0.15) is 13.2 Å². The van der Waals surface area contributed by atoms with Gasteiger partial charge in [0.05, 0.1) is 23.0 Å². The number of carbonyl (C=O) groups excluding carboxylic acids is 1. The summed E-state index contributed by atoms with van der Waals surface area (Å²) in [5, 5.41) is 6.40. The Labute approximate surface area is 242 Å². The molecule has 1 aliphatic carbocycles. The van der Waals surface area contributed by atoms with Crippen LogP contribution in [-0.2, 0) is 11.0 Å². The molecule has 1 amide bonds. The largest absolute Gasteiger partial charge is 0.416 e. The number of aromatic nitrogens is 3. The number of amides is 1. The number of benzene rings is 2. The Hall–Kier alpha value is -4.21. The first-order valence-corrected chi connectivity index (χ1v) is 14.5. The molecule has 2 aromatic heterocycles. The molecule has 0 bridgehead atoms. The molecule has 1 aliphatic heterocycles. The van der Waals surface area contributed by atoms with E-state index in [1.54, 1.807) is 6.20 Å². The van der Waals surface area contributed by atoms with Gasteiger partial charge in [-0.1, -0.05) is 31.0 Å². The molecule has 218 valence electrons. The molecule has 10 heteroatoms. The van der Waals surface area contributed by atoms with Crippen LogP contribution in [0.15, 0.2) is 67.1 Å². The van der Waals surface area contributed by atoms with Crippen molar-refractivity contribution in [3.8, 4) is 0 Å². The Kier molecular flexibility index (Phi) is 7.70. The van der Waals surface area contributed by atoms with Gasteiger partial charge >= 0.3 is 6.18 Å². The van der Waals surface area contributed by atoms with E-state index in [-0.39, 0.29) is 17.2 Å². The van der Waals surface area contributed by atoms with Crippen molar-refractivity contribution >= 4 is 34.1 Å². The fourth-order valence-corrected chi connectivity index (χ4v) is 6.33. The van der Waals surface area contributed by atoms with E-state index in [1.165, 1.54) is 38.2 Å². The molecule has 42 heavy (non-hydrogen) atoms.